The summed E-state index contributed by atoms with van der Waals surface area (Å²) < 4.78 is 5.29. The van der Waals surface area contributed by atoms with Crippen LogP contribution in [0, 0.1) is 17.8 Å². The summed E-state index contributed by atoms with van der Waals surface area (Å²) in [5.74, 6) is 1.19. The molecule has 0 saturated heterocycles. The molecule has 0 spiro atoms. The van der Waals surface area contributed by atoms with Crippen LogP contribution in [0.25, 0.3) is 0 Å². The van der Waals surface area contributed by atoms with Crippen LogP contribution < -0.4 is 0 Å². The lowest BCUT2D eigenvalue weighted by molar-refractivity contribution is -0.149. The van der Waals surface area contributed by atoms with Crippen molar-refractivity contribution < 1.29 is 9.53 Å². The van der Waals surface area contributed by atoms with E-state index in [1.54, 1.807) is 0 Å². The number of unbranched alkanes of at least 4 members (excludes halogenated alkanes) is 5. The van der Waals surface area contributed by atoms with E-state index in [2.05, 4.69) is 27.7 Å². The van der Waals surface area contributed by atoms with Gasteiger partial charge in [0, 0.05) is 0 Å². The molecule has 1 unspecified atom stereocenters. The molecule has 2 nitrogen and oxygen atoms in total. The van der Waals surface area contributed by atoms with Crippen LogP contribution in [0.1, 0.15) is 79.6 Å². The van der Waals surface area contributed by atoms with Crippen LogP contribution >= 0.6 is 0 Å². The van der Waals surface area contributed by atoms with Crippen LogP contribution in [0.15, 0.2) is 0 Å². The molecule has 0 rings (SSSR count). The third kappa shape index (κ3) is 11.0. The summed E-state index contributed by atoms with van der Waals surface area (Å²) in [6.07, 6.45) is 8.86. The zero-order chi connectivity index (χ0) is 14.7. The maximum Gasteiger partial charge on any atom is 0.308 e. The molecule has 0 aliphatic rings. The Morgan fingerprint density at radius 2 is 1.37 bits per heavy atom. The average molecular weight is 270 g/mol. The van der Waals surface area contributed by atoms with E-state index in [9.17, 15) is 4.79 Å². The molecule has 0 aliphatic heterocycles. The van der Waals surface area contributed by atoms with E-state index in [1.165, 1.54) is 38.5 Å². The molecular formula is C17H34O2. The highest BCUT2D eigenvalue weighted by Gasteiger charge is 2.17. The number of hydrogen-bond acceptors (Lipinski definition) is 2. The number of ether oxygens (including phenoxy) is 1. The van der Waals surface area contributed by atoms with Crippen molar-refractivity contribution in [2.75, 3.05) is 6.61 Å². The number of esters is 1. The second-order valence-corrected chi connectivity index (χ2v) is 6.50. The van der Waals surface area contributed by atoms with Gasteiger partial charge in [0.2, 0.25) is 0 Å². The second kappa shape index (κ2) is 11.3. The molecule has 0 heterocycles. The minimum Gasteiger partial charge on any atom is -0.465 e. The van der Waals surface area contributed by atoms with Crippen molar-refractivity contribution in [2.45, 2.75) is 79.6 Å². The van der Waals surface area contributed by atoms with Crippen LogP contribution in [-0.2, 0) is 9.53 Å². The fourth-order valence-electron chi connectivity index (χ4n) is 1.94. The zero-order valence-electron chi connectivity index (χ0n) is 13.7. The third-order valence-electron chi connectivity index (χ3n) is 3.79. The van der Waals surface area contributed by atoms with Crippen LogP contribution in [0.5, 0.6) is 0 Å². The first kappa shape index (κ1) is 18.5. The molecule has 114 valence electrons. The summed E-state index contributed by atoms with van der Waals surface area (Å²) in [5, 5.41) is 0. The second-order valence-electron chi connectivity index (χ2n) is 6.50. The molecule has 1 atom stereocenters. The summed E-state index contributed by atoms with van der Waals surface area (Å²) in [5.41, 5.74) is 0. The highest BCUT2D eigenvalue weighted by atomic mass is 16.5. The van der Waals surface area contributed by atoms with Crippen molar-refractivity contribution >= 4 is 5.97 Å². The van der Waals surface area contributed by atoms with E-state index in [0.29, 0.717) is 12.5 Å². The largest absolute Gasteiger partial charge is 0.465 e. The molecule has 0 aromatic heterocycles. The molecule has 0 radical (unpaired) electrons. The smallest absolute Gasteiger partial charge is 0.308 e. The van der Waals surface area contributed by atoms with Gasteiger partial charge in [0.15, 0.2) is 0 Å². The highest BCUT2D eigenvalue weighted by Crippen LogP contribution is 2.13. The Labute approximate surface area is 120 Å². The van der Waals surface area contributed by atoms with Crippen molar-refractivity contribution in [2.24, 2.45) is 17.8 Å². The van der Waals surface area contributed by atoms with Crippen molar-refractivity contribution in [3.05, 3.63) is 0 Å². The lowest BCUT2D eigenvalue weighted by atomic mass is 9.99. The molecule has 19 heavy (non-hydrogen) atoms. The Kier molecular flexibility index (Phi) is 11.0. The number of hydrogen-bond donors (Lipinski definition) is 0. The molecule has 2 heteroatoms. The molecule has 0 saturated carbocycles. The van der Waals surface area contributed by atoms with Gasteiger partial charge in [-0.25, -0.2) is 0 Å². The minimum absolute atomic E-state index is 0.0241. The molecule has 0 N–H and O–H groups in total. The molecule has 0 bridgehead atoms. The predicted molar refractivity (Wildman–Crippen MR) is 82.1 cm³/mol. The van der Waals surface area contributed by atoms with E-state index in [1.807, 2.05) is 6.92 Å². The van der Waals surface area contributed by atoms with Gasteiger partial charge in [0.05, 0.1) is 12.5 Å². The molecular weight excluding hydrogens is 236 g/mol. The first-order valence-electron chi connectivity index (χ1n) is 8.11. The van der Waals surface area contributed by atoms with Gasteiger partial charge in [-0.3, -0.25) is 4.79 Å². The zero-order valence-corrected chi connectivity index (χ0v) is 13.7. The maximum absolute atomic E-state index is 11.6. The number of carbonyl (C=O) groups excluding carboxylic acids is 1. The normalized spacial score (nSPS) is 13.0. The van der Waals surface area contributed by atoms with Gasteiger partial charge >= 0.3 is 5.97 Å². The highest BCUT2D eigenvalue weighted by molar-refractivity contribution is 5.72. The van der Waals surface area contributed by atoms with Gasteiger partial charge in [-0.15, -0.1) is 0 Å². The molecule has 0 aromatic carbocycles. The molecule has 0 amide bonds. The van der Waals surface area contributed by atoms with Gasteiger partial charge in [-0.05, 0) is 18.3 Å². The van der Waals surface area contributed by atoms with E-state index >= 15 is 0 Å². The lowest BCUT2D eigenvalue weighted by Gasteiger charge is -2.14. The van der Waals surface area contributed by atoms with Gasteiger partial charge in [-0.1, -0.05) is 73.1 Å². The van der Waals surface area contributed by atoms with Gasteiger partial charge in [-0.2, -0.15) is 0 Å². The summed E-state index contributed by atoms with van der Waals surface area (Å²) in [7, 11) is 0. The van der Waals surface area contributed by atoms with E-state index < -0.39 is 0 Å². The molecule has 0 aliphatic carbocycles. The van der Waals surface area contributed by atoms with Crippen LogP contribution in [0.4, 0.5) is 0 Å². The summed E-state index contributed by atoms with van der Waals surface area (Å²) >= 11 is 0. The summed E-state index contributed by atoms with van der Waals surface area (Å²) in [4.78, 5) is 11.6. The third-order valence-corrected chi connectivity index (χ3v) is 3.79. The molecule has 0 aromatic rings. The number of carbonyl (C=O) groups is 1. The van der Waals surface area contributed by atoms with Crippen molar-refractivity contribution in [3.63, 3.8) is 0 Å². The fraction of sp³-hybridized carbons (Fsp3) is 0.941. The Hall–Kier alpha value is -0.530. The van der Waals surface area contributed by atoms with E-state index in [0.717, 1.165) is 12.3 Å². The first-order chi connectivity index (χ1) is 8.95. The fourth-order valence-corrected chi connectivity index (χ4v) is 1.94. The Balaban J connectivity index is 3.29. The molecule has 0 fully saturated rings. The van der Waals surface area contributed by atoms with Crippen LogP contribution in [0.3, 0.4) is 0 Å². The first-order valence-corrected chi connectivity index (χ1v) is 8.11. The standard InChI is InChI=1S/C17H34O2/c1-14(2)12-10-8-6-7-9-11-13-19-17(18)16(5)15(3)4/h14-16H,6-13H2,1-5H3. The predicted octanol–water partition coefficient (Wildman–Crippen LogP) is 5.21. The summed E-state index contributed by atoms with van der Waals surface area (Å²) in [6.45, 7) is 11.2. The Morgan fingerprint density at radius 3 is 1.89 bits per heavy atom. The lowest BCUT2D eigenvalue weighted by Crippen LogP contribution is -2.20. The Morgan fingerprint density at radius 1 is 0.842 bits per heavy atom. The van der Waals surface area contributed by atoms with Gasteiger partial charge in [0.25, 0.3) is 0 Å². The van der Waals surface area contributed by atoms with Crippen molar-refractivity contribution in [1.29, 1.82) is 0 Å². The van der Waals surface area contributed by atoms with Gasteiger partial charge in [0.1, 0.15) is 0 Å². The van der Waals surface area contributed by atoms with Crippen LogP contribution in [-0.4, -0.2) is 12.6 Å². The topological polar surface area (TPSA) is 26.3 Å². The van der Waals surface area contributed by atoms with Crippen molar-refractivity contribution in [1.82, 2.24) is 0 Å². The summed E-state index contributed by atoms with van der Waals surface area (Å²) in [6, 6.07) is 0. The quantitative estimate of drug-likeness (QED) is 0.380. The number of rotatable bonds is 11. The van der Waals surface area contributed by atoms with Gasteiger partial charge < -0.3 is 4.74 Å². The Bertz CT molecular complexity index is 221. The SMILES string of the molecule is CC(C)CCCCCCCCOC(=O)C(C)C(C)C. The van der Waals surface area contributed by atoms with Crippen LogP contribution in [0.2, 0.25) is 0 Å². The minimum atomic E-state index is -0.0352. The monoisotopic (exact) mass is 270 g/mol. The van der Waals surface area contributed by atoms with E-state index in [4.69, 9.17) is 4.74 Å². The maximum atomic E-state index is 11.6. The van der Waals surface area contributed by atoms with E-state index in [-0.39, 0.29) is 11.9 Å². The van der Waals surface area contributed by atoms with Crippen molar-refractivity contribution in [3.8, 4) is 0 Å². The average Bonchev–Trinajstić information content (AvgIpc) is 2.35.